The minimum absolute atomic E-state index is 0.543. The Morgan fingerprint density at radius 2 is 2.12 bits per heavy atom. The molecule has 0 atom stereocenters. The molecule has 0 unspecified atom stereocenters. The average molecular weight is 267 g/mol. The molecule has 0 spiro atoms. The molecule has 2 rings (SSSR count). The number of ether oxygens (including phenoxy) is 1. The van der Waals surface area contributed by atoms with Crippen LogP contribution in [0.2, 0.25) is 5.02 Å². The molecule has 0 amide bonds. The van der Waals surface area contributed by atoms with Crippen molar-refractivity contribution in [1.29, 1.82) is 0 Å². The first kappa shape index (κ1) is 12.1. The van der Waals surface area contributed by atoms with Crippen LogP contribution in [-0.4, -0.2) is 12.1 Å². The lowest BCUT2D eigenvalue weighted by atomic mass is 10.3. The maximum absolute atomic E-state index is 6.07. The third-order valence-electron chi connectivity index (χ3n) is 2.10. The van der Waals surface area contributed by atoms with Crippen LogP contribution in [-0.2, 0) is 0 Å². The first-order valence-electron chi connectivity index (χ1n) is 4.92. The SMILES string of the molecule is COc1ccccc1Sc1ncc(N)cc1Cl. The summed E-state index contributed by atoms with van der Waals surface area (Å²) >= 11 is 7.52. The van der Waals surface area contributed by atoms with Crippen molar-refractivity contribution in [3.8, 4) is 5.75 Å². The van der Waals surface area contributed by atoms with Crippen LogP contribution in [0.25, 0.3) is 0 Å². The summed E-state index contributed by atoms with van der Waals surface area (Å²) in [6.07, 6.45) is 1.59. The topological polar surface area (TPSA) is 48.1 Å². The first-order valence-corrected chi connectivity index (χ1v) is 6.12. The molecule has 2 aromatic rings. The van der Waals surface area contributed by atoms with E-state index in [4.69, 9.17) is 22.1 Å². The normalized spacial score (nSPS) is 10.2. The summed E-state index contributed by atoms with van der Waals surface area (Å²) in [4.78, 5) is 5.17. The fourth-order valence-corrected chi connectivity index (χ4v) is 2.48. The van der Waals surface area contributed by atoms with Crippen LogP contribution in [0.3, 0.4) is 0 Å². The Bertz CT molecular complexity index is 534. The van der Waals surface area contributed by atoms with Crippen LogP contribution in [0.5, 0.6) is 5.75 Å². The van der Waals surface area contributed by atoms with E-state index in [2.05, 4.69) is 4.98 Å². The molecule has 0 radical (unpaired) electrons. The quantitative estimate of drug-likeness (QED) is 0.924. The number of nitrogen functional groups attached to an aromatic ring is 1. The van der Waals surface area contributed by atoms with Crippen molar-refractivity contribution < 1.29 is 4.74 Å². The fraction of sp³-hybridized carbons (Fsp3) is 0.0833. The minimum Gasteiger partial charge on any atom is -0.496 e. The van der Waals surface area contributed by atoms with Gasteiger partial charge in [-0.3, -0.25) is 0 Å². The van der Waals surface area contributed by atoms with Gasteiger partial charge in [0, 0.05) is 0 Å². The third kappa shape index (κ3) is 2.84. The number of benzene rings is 1. The minimum atomic E-state index is 0.543. The van der Waals surface area contributed by atoms with Gasteiger partial charge in [-0.25, -0.2) is 4.98 Å². The van der Waals surface area contributed by atoms with Crippen LogP contribution in [0.15, 0.2) is 46.5 Å². The van der Waals surface area contributed by atoms with E-state index in [1.165, 1.54) is 11.8 Å². The Hall–Kier alpha value is -1.39. The molecule has 1 aromatic heterocycles. The van der Waals surface area contributed by atoms with Crippen molar-refractivity contribution in [1.82, 2.24) is 4.98 Å². The zero-order chi connectivity index (χ0) is 12.3. The third-order valence-corrected chi connectivity index (χ3v) is 3.58. The molecule has 88 valence electrons. The lowest BCUT2D eigenvalue weighted by Crippen LogP contribution is -1.90. The molecule has 0 aliphatic rings. The maximum atomic E-state index is 6.07. The summed E-state index contributed by atoms with van der Waals surface area (Å²) in [6, 6.07) is 9.40. The molecule has 17 heavy (non-hydrogen) atoms. The Kier molecular flexibility index (Phi) is 3.76. The van der Waals surface area contributed by atoms with Crippen molar-refractivity contribution in [2.24, 2.45) is 0 Å². The molecule has 0 aliphatic heterocycles. The number of aromatic nitrogens is 1. The van der Waals surface area contributed by atoms with Crippen molar-refractivity contribution in [2.75, 3.05) is 12.8 Å². The molecule has 0 fully saturated rings. The number of hydrogen-bond donors (Lipinski definition) is 1. The van der Waals surface area contributed by atoms with Gasteiger partial charge in [0.2, 0.25) is 0 Å². The van der Waals surface area contributed by atoms with Gasteiger partial charge in [-0.1, -0.05) is 35.5 Å². The summed E-state index contributed by atoms with van der Waals surface area (Å²) in [5.41, 5.74) is 6.15. The number of para-hydroxylation sites is 1. The predicted octanol–water partition coefficient (Wildman–Crippen LogP) is 3.48. The standard InChI is InChI=1S/C12H11ClN2OS/c1-16-10-4-2-3-5-11(10)17-12-9(13)6-8(14)7-15-12/h2-7H,14H2,1H3. The predicted molar refractivity (Wildman–Crippen MR) is 70.8 cm³/mol. The van der Waals surface area contributed by atoms with E-state index in [1.54, 1.807) is 19.4 Å². The van der Waals surface area contributed by atoms with E-state index in [1.807, 2.05) is 24.3 Å². The fourth-order valence-electron chi connectivity index (χ4n) is 1.32. The number of rotatable bonds is 3. The monoisotopic (exact) mass is 266 g/mol. The molecule has 1 aromatic carbocycles. The Labute approximate surface area is 109 Å². The van der Waals surface area contributed by atoms with E-state index < -0.39 is 0 Å². The van der Waals surface area contributed by atoms with Crippen LogP contribution in [0, 0.1) is 0 Å². The summed E-state index contributed by atoms with van der Waals surface area (Å²) in [6.45, 7) is 0. The summed E-state index contributed by atoms with van der Waals surface area (Å²) in [7, 11) is 1.64. The summed E-state index contributed by atoms with van der Waals surface area (Å²) in [5.74, 6) is 0.798. The number of halogens is 1. The molecule has 1 heterocycles. The van der Waals surface area contributed by atoms with Crippen LogP contribution in [0.1, 0.15) is 0 Å². The smallest absolute Gasteiger partial charge is 0.132 e. The van der Waals surface area contributed by atoms with Gasteiger partial charge in [-0.2, -0.15) is 0 Å². The highest BCUT2D eigenvalue weighted by atomic mass is 35.5. The van der Waals surface area contributed by atoms with Gasteiger partial charge in [0.15, 0.2) is 0 Å². The van der Waals surface area contributed by atoms with Crippen LogP contribution < -0.4 is 10.5 Å². The highest BCUT2D eigenvalue weighted by Gasteiger charge is 2.08. The van der Waals surface area contributed by atoms with Crippen molar-refractivity contribution >= 4 is 29.1 Å². The Morgan fingerprint density at radius 1 is 1.35 bits per heavy atom. The summed E-state index contributed by atoms with van der Waals surface area (Å²) < 4.78 is 5.26. The lowest BCUT2D eigenvalue weighted by Gasteiger charge is -2.08. The number of anilines is 1. The van der Waals surface area contributed by atoms with Crippen molar-refractivity contribution in [3.05, 3.63) is 41.6 Å². The van der Waals surface area contributed by atoms with E-state index >= 15 is 0 Å². The van der Waals surface area contributed by atoms with Gasteiger partial charge >= 0.3 is 0 Å². The molecule has 0 saturated heterocycles. The van der Waals surface area contributed by atoms with Crippen molar-refractivity contribution in [2.45, 2.75) is 9.92 Å². The van der Waals surface area contributed by atoms with Crippen LogP contribution in [0.4, 0.5) is 5.69 Å². The van der Waals surface area contributed by atoms with Gasteiger partial charge < -0.3 is 10.5 Å². The Morgan fingerprint density at radius 3 is 2.82 bits per heavy atom. The second kappa shape index (κ2) is 5.29. The Balaban J connectivity index is 2.31. The number of hydrogen-bond acceptors (Lipinski definition) is 4. The highest BCUT2D eigenvalue weighted by molar-refractivity contribution is 7.99. The second-order valence-corrected chi connectivity index (χ2v) is 4.75. The summed E-state index contributed by atoms with van der Waals surface area (Å²) in [5, 5.41) is 1.26. The molecule has 2 N–H and O–H groups in total. The number of nitrogens with zero attached hydrogens (tertiary/aromatic N) is 1. The zero-order valence-electron chi connectivity index (χ0n) is 9.18. The average Bonchev–Trinajstić information content (AvgIpc) is 2.33. The second-order valence-electron chi connectivity index (χ2n) is 3.31. The van der Waals surface area contributed by atoms with E-state index in [9.17, 15) is 0 Å². The van der Waals surface area contributed by atoms with Gasteiger partial charge in [0.1, 0.15) is 10.8 Å². The molecular weight excluding hydrogens is 256 g/mol. The largest absolute Gasteiger partial charge is 0.496 e. The van der Waals surface area contributed by atoms with Gasteiger partial charge in [-0.05, 0) is 18.2 Å². The molecular formula is C12H11ClN2OS. The molecule has 0 saturated carbocycles. The molecule has 3 nitrogen and oxygen atoms in total. The van der Waals surface area contributed by atoms with Crippen molar-refractivity contribution in [3.63, 3.8) is 0 Å². The van der Waals surface area contributed by atoms with Gasteiger partial charge in [0.05, 0.1) is 28.9 Å². The zero-order valence-corrected chi connectivity index (χ0v) is 10.8. The number of methoxy groups -OCH3 is 1. The highest BCUT2D eigenvalue weighted by Crippen LogP contribution is 2.37. The first-order chi connectivity index (χ1) is 8.20. The molecule has 0 bridgehead atoms. The molecule has 5 heteroatoms. The van der Waals surface area contributed by atoms with E-state index in [0.717, 1.165) is 10.6 Å². The van der Waals surface area contributed by atoms with Gasteiger partial charge in [-0.15, -0.1) is 0 Å². The number of nitrogens with two attached hydrogens (primary N) is 1. The number of pyridine rings is 1. The van der Waals surface area contributed by atoms with E-state index in [0.29, 0.717) is 15.7 Å². The molecule has 0 aliphatic carbocycles. The lowest BCUT2D eigenvalue weighted by molar-refractivity contribution is 0.405. The van der Waals surface area contributed by atoms with Gasteiger partial charge in [0.25, 0.3) is 0 Å². The van der Waals surface area contributed by atoms with E-state index in [-0.39, 0.29) is 0 Å². The maximum Gasteiger partial charge on any atom is 0.132 e. The van der Waals surface area contributed by atoms with Crippen LogP contribution >= 0.6 is 23.4 Å².